The first-order chi connectivity index (χ1) is 6.27. The second-order valence-corrected chi connectivity index (χ2v) is 4.50. The molecule has 13 heavy (non-hydrogen) atoms. The predicted octanol–water partition coefficient (Wildman–Crippen LogP) is 3.49. The highest BCUT2D eigenvalue weighted by Crippen LogP contribution is 2.57. The molecule has 0 saturated heterocycles. The summed E-state index contributed by atoms with van der Waals surface area (Å²) < 4.78 is 5.57. The molecular formula is C10H8Cl2O. The number of ether oxygens (including phenoxy) is 1. The molecule has 0 radical (unpaired) electrons. The lowest BCUT2D eigenvalue weighted by molar-refractivity contribution is 0.279. The zero-order chi connectivity index (χ0) is 9.00. The van der Waals surface area contributed by atoms with Crippen LogP contribution in [0.15, 0.2) is 12.1 Å². The molecule has 1 saturated carbocycles. The Kier molecular flexibility index (Phi) is 1.56. The van der Waals surface area contributed by atoms with Crippen molar-refractivity contribution in [3.05, 3.63) is 27.7 Å². The number of benzene rings is 1. The Hall–Kier alpha value is -0.400. The molecule has 0 aromatic heterocycles. The van der Waals surface area contributed by atoms with Gasteiger partial charge in [-0.25, -0.2) is 0 Å². The second-order valence-electron chi connectivity index (χ2n) is 3.69. The molecule has 0 N–H and O–H groups in total. The summed E-state index contributed by atoms with van der Waals surface area (Å²) in [4.78, 5) is 0. The summed E-state index contributed by atoms with van der Waals surface area (Å²) in [5, 5.41) is 1.48. The minimum Gasteiger partial charge on any atom is -0.491 e. The van der Waals surface area contributed by atoms with Gasteiger partial charge >= 0.3 is 0 Å². The van der Waals surface area contributed by atoms with E-state index in [1.54, 1.807) is 6.07 Å². The van der Waals surface area contributed by atoms with Crippen molar-refractivity contribution in [2.75, 3.05) is 6.61 Å². The van der Waals surface area contributed by atoms with Crippen LogP contribution in [0.5, 0.6) is 5.75 Å². The molecule has 2 aliphatic rings. The molecule has 0 unspecified atom stereocenters. The molecule has 1 aliphatic heterocycles. The number of hydrogen-bond acceptors (Lipinski definition) is 1. The summed E-state index contributed by atoms with van der Waals surface area (Å²) in [5.74, 6) is 2.10. The van der Waals surface area contributed by atoms with Gasteiger partial charge in [-0.05, 0) is 24.5 Å². The molecule has 1 fully saturated rings. The largest absolute Gasteiger partial charge is 0.491 e. The van der Waals surface area contributed by atoms with Gasteiger partial charge in [0.25, 0.3) is 0 Å². The van der Waals surface area contributed by atoms with Crippen molar-refractivity contribution >= 4 is 23.2 Å². The van der Waals surface area contributed by atoms with E-state index < -0.39 is 0 Å². The van der Waals surface area contributed by atoms with E-state index in [1.165, 1.54) is 6.42 Å². The summed E-state index contributed by atoms with van der Waals surface area (Å²) in [7, 11) is 0. The Morgan fingerprint density at radius 1 is 1.23 bits per heavy atom. The molecule has 1 heterocycles. The number of rotatable bonds is 0. The van der Waals surface area contributed by atoms with Gasteiger partial charge < -0.3 is 4.74 Å². The molecule has 1 aliphatic carbocycles. The van der Waals surface area contributed by atoms with Gasteiger partial charge in [-0.3, -0.25) is 0 Å². The normalized spacial score (nSPS) is 28.8. The Balaban J connectivity index is 2.22. The van der Waals surface area contributed by atoms with Gasteiger partial charge in [0.05, 0.1) is 11.6 Å². The van der Waals surface area contributed by atoms with Crippen molar-refractivity contribution in [3.8, 4) is 5.75 Å². The highest BCUT2D eigenvalue weighted by atomic mass is 35.5. The van der Waals surface area contributed by atoms with E-state index in [9.17, 15) is 0 Å². The standard InChI is InChI=1S/C10H8Cl2O/c11-7-1-2-8(12)10-9(7)6-3-5(6)4-13-10/h1-2,5-6H,3-4H2/t5-,6-/m1/s1. The summed E-state index contributed by atoms with van der Waals surface area (Å²) in [6, 6.07) is 3.65. The maximum atomic E-state index is 6.10. The quantitative estimate of drug-likeness (QED) is 0.643. The summed E-state index contributed by atoms with van der Waals surface area (Å²) in [6.45, 7) is 0.803. The molecule has 2 atom stereocenters. The average Bonchev–Trinajstić information content (AvgIpc) is 2.89. The van der Waals surface area contributed by atoms with Gasteiger partial charge in [-0.2, -0.15) is 0 Å². The van der Waals surface area contributed by atoms with Crippen molar-refractivity contribution in [2.24, 2.45) is 5.92 Å². The van der Waals surface area contributed by atoms with Gasteiger partial charge in [0, 0.05) is 16.5 Å². The third kappa shape index (κ3) is 1.07. The average molecular weight is 215 g/mol. The summed E-state index contributed by atoms with van der Waals surface area (Å²) in [5.41, 5.74) is 1.13. The van der Waals surface area contributed by atoms with E-state index in [2.05, 4.69) is 0 Å². The molecule has 0 bridgehead atoms. The molecule has 1 aromatic rings. The zero-order valence-corrected chi connectivity index (χ0v) is 8.40. The Bertz CT molecular complexity index is 375. The van der Waals surface area contributed by atoms with E-state index in [0.29, 0.717) is 16.9 Å². The minimum atomic E-state index is 0.606. The molecule has 1 nitrogen and oxygen atoms in total. The van der Waals surface area contributed by atoms with Crippen molar-refractivity contribution in [3.63, 3.8) is 0 Å². The third-order valence-electron chi connectivity index (χ3n) is 2.83. The van der Waals surface area contributed by atoms with Crippen LogP contribution in [-0.4, -0.2) is 6.61 Å². The van der Waals surface area contributed by atoms with Crippen LogP contribution in [0.2, 0.25) is 10.0 Å². The van der Waals surface area contributed by atoms with Crippen molar-refractivity contribution in [1.29, 1.82) is 0 Å². The van der Waals surface area contributed by atoms with Crippen LogP contribution in [0.4, 0.5) is 0 Å². The van der Waals surface area contributed by atoms with Crippen molar-refractivity contribution < 1.29 is 4.74 Å². The Morgan fingerprint density at radius 2 is 2.00 bits per heavy atom. The topological polar surface area (TPSA) is 9.23 Å². The predicted molar refractivity (Wildman–Crippen MR) is 52.8 cm³/mol. The van der Waals surface area contributed by atoms with Gasteiger partial charge in [0.2, 0.25) is 0 Å². The van der Waals surface area contributed by atoms with Gasteiger partial charge in [-0.15, -0.1) is 0 Å². The Labute approximate surface area is 86.6 Å². The van der Waals surface area contributed by atoms with E-state index >= 15 is 0 Å². The third-order valence-corrected chi connectivity index (χ3v) is 3.46. The minimum absolute atomic E-state index is 0.606. The van der Waals surface area contributed by atoms with Gasteiger partial charge in [0.15, 0.2) is 0 Å². The van der Waals surface area contributed by atoms with Crippen LogP contribution in [0.25, 0.3) is 0 Å². The van der Waals surface area contributed by atoms with E-state index in [4.69, 9.17) is 27.9 Å². The number of hydrogen-bond donors (Lipinski definition) is 0. The van der Waals surface area contributed by atoms with Gasteiger partial charge in [0.1, 0.15) is 5.75 Å². The lowest BCUT2D eigenvalue weighted by atomic mass is 10.1. The van der Waals surface area contributed by atoms with Gasteiger partial charge in [-0.1, -0.05) is 23.2 Å². The number of halogens is 2. The fourth-order valence-electron chi connectivity index (χ4n) is 2.02. The van der Waals surface area contributed by atoms with E-state index in [0.717, 1.165) is 22.9 Å². The molecule has 68 valence electrons. The molecule has 3 heteroatoms. The maximum Gasteiger partial charge on any atom is 0.142 e. The van der Waals surface area contributed by atoms with E-state index in [-0.39, 0.29) is 0 Å². The zero-order valence-electron chi connectivity index (χ0n) is 6.89. The SMILES string of the molecule is Clc1ccc(Cl)c2c1OC[C@H]1C[C@@H]21. The molecular weight excluding hydrogens is 207 g/mol. The fraction of sp³-hybridized carbons (Fsp3) is 0.400. The molecule has 1 aromatic carbocycles. The first-order valence-corrected chi connectivity index (χ1v) is 5.13. The summed E-state index contributed by atoms with van der Waals surface area (Å²) >= 11 is 12.1. The Morgan fingerprint density at radius 3 is 2.85 bits per heavy atom. The van der Waals surface area contributed by atoms with Crippen molar-refractivity contribution in [1.82, 2.24) is 0 Å². The fourth-order valence-corrected chi connectivity index (χ4v) is 2.53. The first kappa shape index (κ1) is 7.95. The molecule has 0 amide bonds. The van der Waals surface area contributed by atoms with Crippen LogP contribution in [0.3, 0.4) is 0 Å². The lowest BCUT2D eigenvalue weighted by Crippen LogP contribution is -2.09. The highest BCUT2D eigenvalue weighted by Gasteiger charge is 2.45. The summed E-state index contributed by atoms with van der Waals surface area (Å²) in [6.07, 6.45) is 1.20. The maximum absolute atomic E-state index is 6.10. The lowest BCUT2D eigenvalue weighted by Gasteiger charge is -2.18. The monoisotopic (exact) mass is 214 g/mol. The number of fused-ring (bicyclic) bond motifs is 3. The smallest absolute Gasteiger partial charge is 0.142 e. The molecule has 3 rings (SSSR count). The van der Waals surface area contributed by atoms with Crippen molar-refractivity contribution in [2.45, 2.75) is 12.3 Å². The highest BCUT2D eigenvalue weighted by molar-refractivity contribution is 6.35. The first-order valence-electron chi connectivity index (χ1n) is 4.38. The van der Waals surface area contributed by atoms with E-state index in [1.807, 2.05) is 6.07 Å². The van der Waals surface area contributed by atoms with Crippen LogP contribution >= 0.6 is 23.2 Å². The molecule has 0 spiro atoms. The second kappa shape index (κ2) is 2.55. The van der Waals surface area contributed by atoms with Crippen LogP contribution in [0.1, 0.15) is 17.9 Å². The van der Waals surface area contributed by atoms with Crippen LogP contribution in [-0.2, 0) is 0 Å². The van der Waals surface area contributed by atoms with Crippen LogP contribution < -0.4 is 4.74 Å². The van der Waals surface area contributed by atoms with Crippen LogP contribution in [0, 0.1) is 5.92 Å².